The molecule has 2 nitrogen and oxygen atoms in total. The maximum absolute atomic E-state index is 3.68. The van der Waals surface area contributed by atoms with Crippen molar-refractivity contribution in [2.45, 2.75) is 78.4 Å². The first-order valence-corrected chi connectivity index (χ1v) is 8.75. The van der Waals surface area contributed by atoms with E-state index in [1.807, 2.05) is 0 Å². The highest BCUT2D eigenvalue weighted by Gasteiger charge is 2.22. The van der Waals surface area contributed by atoms with E-state index in [2.05, 4.69) is 56.1 Å². The summed E-state index contributed by atoms with van der Waals surface area (Å²) in [6.07, 6.45) is 6.44. The molecule has 0 bridgehead atoms. The van der Waals surface area contributed by atoms with Crippen molar-refractivity contribution >= 4 is 5.69 Å². The van der Waals surface area contributed by atoms with E-state index in [-0.39, 0.29) is 0 Å². The van der Waals surface area contributed by atoms with Crippen LogP contribution in [0.5, 0.6) is 0 Å². The third kappa shape index (κ3) is 4.74. The van der Waals surface area contributed by atoms with Crippen molar-refractivity contribution in [2.75, 3.05) is 11.4 Å². The molecule has 1 fully saturated rings. The van der Waals surface area contributed by atoms with Crippen LogP contribution in [0, 0.1) is 6.92 Å². The monoisotopic (exact) mass is 288 g/mol. The lowest BCUT2D eigenvalue weighted by atomic mass is 10.1. The first-order chi connectivity index (χ1) is 10.2. The number of unbranched alkanes of at least 4 members (excludes halogenated alkanes) is 1. The molecule has 1 aliphatic carbocycles. The maximum Gasteiger partial charge on any atom is 0.0414 e. The van der Waals surface area contributed by atoms with E-state index in [0.29, 0.717) is 6.04 Å². The van der Waals surface area contributed by atoms with Crippen LogP contribution in [0.4, 0.5) is 5.69 Å². The molecule has 0 aromatic heterocycles. The predicted octanol–water partition coefficient (Wildman–Crippen LogP) is 4.65. The molecular formula is C19H32N2. The average Bonchev–Trinajstić information content (AvgIpc) is 3.30. The van der Waals surface area contributed by atoms with Gasteiger partial charge in [0.25, 0.3) is 0 Å². The van der Waals surface area contributed by atoms with Gasteiger partial charge in [-0.05, 0) is 51.2 Å². The van der Waals surface area contributed by atoms with Crippen LogP contribution in [0.2, 0.25) is 0 Å². The van der Waals surface area contributed by atoms with E-state index in [1.54, 1.807) is 0 Å². The molecule has 1 saturated carbocycles. The molecule has 1 aliphatic rings. The predicted molar refractivity (Wildman–Crippen MR) is 93.0 cm³/mol. The fourth-order valence-electron chi connectivity index (χ4n) is 2.80. The number of benzene rings is 1. The molecule has 1 aromatic rings. The highest BCUT2D eigenvalue weighted by Crippen LogP contribution is 2.27. The summed E-state index contributed by atoms with van der Waals surface area (Å²) in [5.74, 6) is 0. The van der Waals surface area contributed by atoms with Crippen LogP contribution in [-0.2, 0) is 6.54 Å². The van der Waals surface area contributed by atoms with Crippen LogP contribution >= 0.6 is 0 Å². The lowest BCUT2D eigenvalue weighted by Gasteiger charge is -2.33. The Morgan fingerprint density at radius 1 is 1.29 bits per heavy atom. The van der Waals surface area contributed by atoms with E-state index >= 15 is 0 Å². The van der Waals surface area contributed by atoms with Crippen molar-refractivity contribution in [2.24, 2.45) is 0 Å². The molecule has 2 rings (SSSR count). The zero-order valence-electron chi connectivity index (χ0n) is 14.3. The Bertz CT molecular complexity index is 437. The third-order valence-electron chi connectivity index (χ3n) is 4.58. The van der Waals surface area contributed by atoms with Gasteiger partial charge < -0.3 is 10.2 Å². The summed E-state index contributed by atoms with van der Waals surface area (Å²) in [5.41, 5.74) is 4.28. The summed E-state index contributed by atoms with van der Waals surface area (Å²) in [6.45, 7) is 11.3. The molecule has 0 aliphatic heterocycles. The molecule has 0 heterocycles. The third-order valence-corrected chi connectivity index (χ3v) is 4.58. The van der Waals surface area contributed by atoms with Gasteiger partial charge in [0.15, 0.2) is 0 Å². The van der Waals surface area contributed by atoms with Crippen molar-refractivity contribution in [3.05, 3.63) is 29.3 Å². The lowest BCUT2D eigenvalue weighted by Crippen LogP contribution is -2.34. The fourth-order valence-corrected chi connectivity index (χ4v) is 2.80. The number of anilines is 1. The molecule has 1 unspecified atom stereocenters. The molecule has 118 valence electrons. The highest BCUT2D eigenvalue weighted by atomic mass is 15.2. The lowest BCUT2D eigenvalue weighted by molar-refractivity contribution is 0.590. The molecular weight excluding hydrogens is 256 g/mol. The van der Waals surface area contributed by atoms with Crippen molar-refractivity contribution in [3.63, 3.8) is 0 Å². The number of aryl methyl sites for hydroxylation is 1. The minimum Gasteiger partial charge on any atom is -0.369 e. The number of rotatable bonds is 9. The Morgan fingerprint density at radius 3 is 2.67 bits per heavy atom. The van der Waals surface area contributed by atoms with Crippen molar-refractivity contribution < 1.29 is 0 Å². The van der Waals surface area contributed by atoms with Crippen molar-refractivity contribution in [1.29, 1.82) is 0 Å². The van der Waals surface area contributed by atoms with Crippen LogP contribution in [0.3, 0.4) is 0 Å². The average molecular weight is 288 g/mol. The second-order valence-corrected chi connectivity index (χ2v) is 6.59. The van der Waals surface area contributed by atoms with E-state index in [4.69, 9.17) is 0 Å². The summed E-state index contributed by atoms with van der Waals surface area (Å²) in [5, 5.41) is 3.68. The van der Waals surface area contributed by atoms with E-state index in [1.165, 1.54) is 55.5 Å². The van der Waals surface area contributed by atoms with Gasteiger partial charge in [0.05, 0.1) is 0 Å². The summed E-state index contributed by atoms with van der Waals surface area (Å²) in [6, 6.07) is 8.34. The van der Waals surface area contributed by atoms with Gasteiger partial charge in [0, 0.05) is 30.9 Å². The molecule has 21 heavy (non-hydrogen) atoms. The van der Waals surface area contributed by atoms with Gasteiger partial charge in [0.2, 0.25) is 0 Å². The molecule has 0 saturated heterocycles. The van der Waals surface area contributed by atoms with Gasteiger partial charge >= 0.3 is 0 Å². The normalized spacial score (nSPS) is 16.0. The van der Waals surface area contributed by atoms with Crippen molar-refractivity contribution in [1.82, 2.24) is 5.32 Å². The summed E-state index contributed by atoms with van der Waals surface area (Å²) in [7, 11) is 0. The highest BCUT2D eigenvalue weighted by molar-refractivity contribution is 5.55. The first kappa shape index (κ1) is 16.4. The van der Waals surface area contributed by atoms with E-state index in [0.717, 1.165) is 12.6 Å². The minimum atomic E-state index is 0.610. The molecule has 0 spiro atoms. The van der Waals surface area contributed by atoms with Gasteiger partial charge in [-0.15, -0.1) is 0 Å². The Kier molecular flexibility index (Phi) is 6.10. The Hall–Kier alpha value is -1.02. The minimum absolute atomic E-state index is 0.610. The molecule has 1 N–H and O–H groups in total. The first-order valence-electron chi connectivity index (χ1n) is 8.75. The van der Waals surface area contributed by atoms with Crippen LogP contribution < -0.4 is 10.2 Å². The van der Waals surface area contributed by atoms with Crippen LogP contribution in [0.25, 0.3) is 0 Å². The van der Waals surface area contributed by atoms with Gasteiger partial charge in [0.1, 0.15) is 0 Å². The number of nitrogens with zero attached hydrogens (tertiary/aromatic N) is 1. The largest absolute Gasteiger partial charge is 0.369 e. The van der Waals surface area contributed by atoms with Crippen LogP contribution in [0.15, 0.2) is 18.2 Å². The smallest absolute Gasteiger partial charge is 0.0414 e. The number of hydrogen-bond donors (Lipinski definition) is 1. The standard InChI is InChI=1S/C19H32N2/c1-5-7-12-21(16(4)6-2)19-11-8-15(3)13-17(19)14-20-18-9-10-18/h8,11,13,16,18,20H,5-7,9-10,12,14H2,1-4H3. The Labute approximate surface area is 130 Å². The van der Waals surface area contributed by atoms with E-state index in [9.17, 15) is 0 Å². The van der Waals surface area contributed by atoms with Crippen LogP contribution in [-0.4, -0.2) is 18.6 Å². The topological polar surface area (TPSA) is 15.3 Å². The quantitative estimate of drug-likeness (QED) is 0.711. The molecule has 0 amide bonds. The van der Waals surface area contributed by atoms with Gasteiger partial charge in [-0.3, -0.25) is 0 Å². The second kappa shape index (κ2) is 7.84. The summed E-state index contributed by atoms with van der Waals surface area (Å²) >= 11 is 0. The fraction of sp³-hybridized carbons (Fsp3) is 0.684. The van der Waals surface area contributed by atoms with Crippen molar-refractivity contribution in [3.8, 4) is 0 Å². The van der Waals surface area contributed by atoms with Gasteiger partial charge in [-0.1, -0.05) is 38.0 Å². The number of hydrogen-bond acceptors (Lipinski definition) is 2. The van der Waals surface area contributed by atoms with E-state index < -0.39 is 0 Å². The molecule has 0 radical (unpaired) electrons. The Morgan fingerprint density at radius 2 is 2.05 bits per heavy atom. The molecule has 2 heteroatoms. The maximum atomic E-state index is 3.68. The SMILES string of the molecule is CCCCN(c1ccc(C)cc1CNC1CC1)C(C)CC. The summed E-state index contributed by atoms with van der Waals surface area (Å²) in [4.78, 5) is 2.62. The zero-order chi connectivity index (χ0) is 15.2. The van der Waals surface area contributed by atoms with Gasteiger partial charge in [-0.25, -0.2) is 0 Å². The zero-order valence-corrected chi connectivity index (χ0v) is 14.3. The molecule has 1 atom stereocenters. The van der Waals surface area contributed by atoms with Gasteiger partial charge in [-0.2, -0.15) is 0 Å². The molecule has 1 aromatic carbocycles. The summed E-state index contributed by atoms with van der Waals surface area (Å²) < 4.78 is 0. The van der Waals surface area contributed by atoms with Crippen LogP contribution in [0.1, 0.15) is 64.0 Å². The second-order valence-electron chi connectivity index (χ2n) is 6.59. The number of nitrogens with one attached hydrogen (secondary N) is 1. The Balaban J connectivity index is 2.19.